The third-order valence-corrected chi connectivity index (χ3v) is 5.43. The summed E-state index contributed by atoms with van der Waals surface area (Å²) in [7, 11) is -4.29. The quantitative estimate of drug-likeness (QED) is 0.305. The van der Waals surface area contributed by atoms with E-state index in [-0.39, 0.29) is 16.0 Å². The zero-order valence-electron chi connectivity index (χ0n) is 16.6. The molecule has 0 unspecified atom stereocenters. The number of carboxylic acids is 1. The summed E-state index contributed by atoms with van der Waals surface area (Å²) >= 11 is 0. The van der Waals surface area contributed by atoms with Gasteiger partial charge in [-0.3, -0.25) is 9.35 Å². The molecule has 0 atom stereocenters. The van der Waals surface area contributed by atoms with Gasteiger partial charge in [-0.1, -0.05) is 12.1 Å². The molecule has 0 saturated heterocycles. The van der Waals surface area contributed by atoms with Crippen LogP contribution in [-0.4, -0.2) is 40.7 Å². The van der Waals surface area contributed by atoms with Crippen LogP contribution in [-0.2, 0) is 10.1 Å². The van der Waals surface area contributed by atoms with Gasteiger partial charge >= 0.3 is 5.97 Å². The largest absolute Gasteiger partial charge is 0.478 e. The molecule has 0 bridgehead atoms. The van der Waals surface area contributed by atoms with Crippen LogP contribution in [0.15, 0.2) is 64.6 Å². The number of amides is 1. The number of hydrogen-bond donors (Lipinski definition) is 3. The number of hydrogen-bond acceptors (Lipinski definition) is 5. The van der Waals surface area contributed by atoms with Crippen molar-refractivity contribution < 1.29 is 27.7 Å². The minimum atomic E-state index is -4.29. The number of aromatic carboxylic acids is 1. The number of rotatable bonds is 6. The standard InChI is InChI=1S/C21H19N3O6S/c1-13-3-4-14(2)24(13)19-11-16(7-10-18(19)21(26)27)20(25)23-22-12-15-5-8-17(9-6-15)31(28,29)30/h3-12H,1-2H3,(H,23,25)(H,26,27)(H,28,29,30)/b22-12+. The van der Waals surface area contributed by atoms with E-state index in [0.29, 0.717) is 11.3 Å². The van der Waals surface area contributed by atoms with E-state index in [1.54, 1.807) is 4.57 Å². The molecule has 0 fully saturated rings. The number of carboxylic acid groups (broad SMARTS) is 1. The normalized spacial score (nSPS) is 11.6. The second-order valence-corrected chi connectivity index (χ2v) is 8.15. The number of nitrogens with zero attached hydrogens (tertiary/aromatic N) is 2. The van der Waals surface area contributed by atoms with Gasteiger partial charge in [0, 0.05) is 17.0 Å². The van der Waals surface area contributed by atoms with Crippen LogP contribution in [0.3, 0.4) is 0 Å². The molecule has 0 saturated carbocycles. The lowest BCUT2D eigenvalue weighted by Gasteiger charge is -2.14. The summed E-state index contributed by atoms with van der Waals surface area (Å²) in [6.07, 6.45) is 1.30. The van der Waals surface area contributed by atoms with Crippen LogP contribution in [0, 0.1) is 13.8 Å². The number of benzene rings is 2. The Morgan fingerprint density at radius 1 is 1.00 bits per heavy atom. The molecule has 0 aliphatic heterocycles. The highest BCUT2D eigenvalue weighted by atomic mass is 32.2. The predicted molar refractivity (Wildman–Crippen MR) is 114 cm³/mol. The van der Waals surface area contributed by atoms with Crippen molar-refractivity contribution >= 4 is 28.2 Å². The van der Waals surface area contributed by atoms with Crippen molar-refractivity contribution in [3.05, 3.63) is 82.7 Å². The number of aryl methyl sites for hydroxylation is 2. The van der Waals surface area contributed by atoms with E-state index in [2.05, 4.69) is 10.5 Å². The Morgan fingerprint density at radius 3 is 2.16 bits per heavy atom. The van der Waals surface area contributed by atoms with Gasteiger partial charge in [-0.25, -0.2) is 10.2 Å². The molecule has 31 heavy (non-hydrogen) atoms. The molecule has 3 aromatic rings. The second kappa shape index (κ2) is 8.54. The monoisotopic (exact) mass is 441 g/mol. The maximum absolute atomic E-state index is 12.5. The summed E-state index contributed by atoms with van der Waals surface area (Å²) < 4.78 is 32.8. The van der Waals surface area contributed by atoms with Crippen molar-refractivity contribution in [2.45, 2.75) is 18.7 Å². The average molecular weight is 441 g/mol. The molecular formula is C21H19N3O6S. The number of hydrazone groups is 1. The summed E-state index contributed by atoms with van der Waals surface area (Å²) in [5, 5.41) is 13.4. The average Bonchev–Trinajstić information content (AvgIpc) is 3.05. The minimum Gasteiger partial charge on any atom is -0.478 e. The third kappa shape index (κ3) is 4.87. The highest BCUT2D eigenvalue weighted by molar-refractivity contribution is 7.85. The smallest absolute Gasteiger partial charge is 0.337 e. The molecule has 3 rings (SSSR count). The Balaban J connectivity index is 1.83. The summed E-state index contributed by atoms with van der Waals surface area (Å²) in [5.74, 6) is -1.66. The molecule has 0 spiro atoms. The SMILES string of the molecule is Cc1ccc(C)n1-c1cc(C(=O)N/N=C/c2ccc(S(=O)(=O)O)cc2)ccc1C(=O)O. The molecule has 0 aliphatic carbocycles. The molecule has 2 aromatic carbocycles. The van der Waals surface area contributed by atoms with Gasteiger partial charge in [-0.15, -0.1) is 0 Å². The van der Waals surface area contributed by atoms with Crippen LogP contribution >= 0.6 is 0 Å². The first-order valence-electron chi connectivity index (χ1n) is 9.01. The van der Waals surface area contributed by atoms with E-state index in [1.807, 2.05) is 26.0 Å². The second-order valence-electron chi connectivity index (χ2n) is 6.73. The number of aromatic nitrogens is 1. The van der Waals surface area contributed by atoms with Crippen molar-refractivity contribution in [3.8, 4) is 5.69 Å². The zero-order chi connectivity index (χ0) is 22.8. The van der Waals surface area contributed by atoms with Gasteiger partial charge in [0.25, 0.3) is 16.0 Å². The number of carbonyl (C=O) groups excluding carboxylic acids is 1. The Labute approximate surface area is 178 Å². The Hall–Kier alpha value is -3.76. The number of carbonyl (C=O) groups is 2. The van der Waals surface area contributed by atoms with Crippen molar-refractivity contribution in [3.63, 3.8) is 0 Å². The lowest BCUT2D eigenvalue weighted by Crippen LogP contribution is -2.19. The summed E-state index contributed by atoms with van der Waals surface area (Å²) in [6, 6.07) is 13.2. The molecule has 1 heterocycles. The van der Waals surface area contributed by atoms with E-state index < -0.39 is 22.0 Å². The molecule has 10 heteroatoms. The molecule has 3 N–H and O–H groups in total. The summed E-state index contributed by atoms with van der Waals surface area (Å²) in [4.78, 5) is 23.9. The molecule has 160 valence electrons. The lowest BCUT2D eigenvalue weighted by molar-refractivity contribution is 0.0696. The van der Waals surface area contributed by atoms with Crippen LogP contribution in [0.2, 0.25) is 0 Å². The highest BCUT2D eigenvalue weighted by Crippen LogP contribution is 2.22. The van der Waals surface area contributed by atoms with Crippen molar-refractivity contribution in [2.24, 2.45) is 5.10 Å². The minimum absolute atomic E-state index is 0.0568. The molecule has 9 nitrogen and oxygen atoms in total. The first-order valence-corrected chi connectivity index (χ1v) is 10.5. The van der Waals surface area contributed by atoms with Crippen molar-refractivity contribution in [1.82, 2.24) is 9.99 Å². The van der Waals surface area contributed by atoms with Crippen molar-refractivity contribution in [1.29, 1.82) is 0 Å². The highest BCUT2D eigenvalue weighted by Gasteiger charge is 2.17. The molecule has 1 amide bonds. The van der Waals surface area contributed by atoms with Gasteiger partial charge in [0.15, 0.2) is 0 Å². The van der Waals surface area contributed by atoms with E-state index in [1.165, 1.54) is 48.7 Å². The fourth-order valence-electron chi connectivity index (χ4n) is 3.04. The van der Waals surface area contributed by atoms with E-state index in [0.717, 1.165) is 11.4 Å². The van der Waals surface area contributed by atoms with Gasteiger partial charge in [0.05, 0.1) is 22.4 Å². The summed E-state index contributed by atoms with van der Waals surface area (Å²) in [6.45, 7) is 3.67. The fourth-order valence-corrected chi connectivity index (χ4v) is 3.52. The van der Waals surface area contributed by atoms with Gasteiger partial charge < -0.3 is 9.67 Å². The molecule has 0 aliphatic rings. The molecule has 1 aromatic heterocycles. The molecular weight excluding hydrogens is 422 g/mol. The molecule has 0 radical (unpaired) electrons. The van der Waals surface area contributed by atoms with Crippen LogP contribution < -0.4 is 5.43 Å². The van der Waals surface area contributed by atoms with Crippen LogP contribution in [0.5, 0.6) is 0 Å². The Morgan fingerprint density at radius 2 is 1.61 bits per heavy atom. The van der Waals surface area contributed by atoms with Crippen molar-refractivity contribution in [2.75, 3.05) is 0 Å². The van der Waals surface area contributed by atoms with E-state index in [9.17, 15) is 23.1 Å². The van der Waals surface area contributed by atoms with Gasteiger partial charge in [-0.2, -0.15) is 13.5 Å². The third-order valence-electron chi connectivity index (χ3n) is 4.56. The predicted octanol–water partition coefficient (Wildman–Crippen LogP) is 2.80. The maximum Gasteiger partial charge on any atom is 0.337 e. The van der Waals surface area contributed by atoms with Gasteiger partial charge in [0.2, 0.25) is 0 Å². The van der Waals surface area contributed by atoms with E-state index in [4.69, 9.17) is 4.55 Å². The summed E-state index contributed by atoms with van der Waals surface area (Å²) in [5.41, 5.74) is 5.13. The topological polar surface area (TPSA) is 138 Å². The van der Waals surface area contributed by atoms with Gasteiger partial charge in [0.1, 0.15) is 0 Å². The first-order chi connectivity index (χ1) is 14.6. The number of nitrogens with one attached hydrogen (secondary N) is 1. The van der Waals surface area contributed by atoms with Crippen LogP contribution in [0.4, 0.5) is 0 Å². The van der Waals surface area contributed by atoms with Gasteiger partial charge in [-0.05, 0) is 61.9 Å². The Kier molecular flexibility index (Phi) is 6.04. The van der Waals surface area contributed by atoms with E-state index >= 15 is 0 Å². The zero-order valence-corrected chi connectivity index (χ0v) is 17.4. The first kappa shape index (κ1) is 21.9. The van der Waals surface area contributed by atoms with Crippen LogP contribution in [0.1, 0.15) is 37.7 Å². The Bertz CT molecular complexity index is 1270. The maximum atomic E-state index is 12.5. The van der Waals surface area contributed by atoms with Crippen LogP contribution in [0.25, 0.3) is 5.69 Å². The lowest BCUT2D eigenvalue weighted by atomic mass is 10.1. The fraction of sp³-hybridized carbons (Fsp3) is 0.0952.